The second-order valence-corrected chi connectivity index (χ2v) is 8.23. The van der Waals surface area contributed by atoms with Crippen LogP contribution in [0, 0.1) is 11.6 Å². The van der Waals surface area contributed by atoms with Crippen molar-refractivity contribution in [3.63, 3.8) is 0 Å². The molecule has 33 heavy (non-hydrogen) atoms. The van der Waals surface area contributed by atoms with Gasteiger partial charge in [0.2, 0.25) is 0 Å². The largest absolute Gasteiger partial charge is 0.322 e. The first-order valence-corrected chi connectivity index (χ1v) is 10.8. The zero-order valence-electron chi connectivity index (χ0n) is 17.2. The highest BCUT2D eigenvalue weighted by molar-refractivity contribution is 7.99. The van der Waals surface area contributed by atoms with Gasteiger partial charge in [0.25, 0.3) is 11.8 Å². The molecule has 0 aliphatic heterocycles. The van der Waals surface area contributed by atoms with Gasteiger partial charge in [-0.1, -0.05) is 23.9 Å². The summed E-state index contributed by atoms with van der Waals surface area (Å²) in [5, 5.41) is 5.48. The summed E-state index contributed by atoms with van der Waals surface area (Å²) in [6.07, 6.45) is 0. The Bertz CT molecular complexity index is 1190. The van der Waals surface area contributed by atoms with Crippen LogP contribution in [0.3, 0.4) is 0 Å². The number of anilines is 2. The van der Waals surface area contributed by atoms with Gasteiger partial charge in [-0.25, -0.2) is 8.78 Å². The smallest absolute Gasteiger partial charge is 0.255 e. The summed E-state index contributed by atoms with van der Waals surface area (Å²) < 4.78 is 26.6. The third-order valence-electron chi connectivity index (χ3n) is 4.63. The third-order valence-corrected chi connectivity index (χ3v) is 5.65. The Morgan fingerprint density at radius 1 is 0.576 bits per heavy atom. The topological polar surface area (TPSA) is 58.2 Å². The van der Waals surface area contributed by atoms with E-state index in [9.17, 15) is 18.4 Å². The fourth-order valence-electron chi connectivity index (χ4n) is 3.01. The fraction of sp³-hybridized carbons (Fsp3) is 0. The van der Waals surface area contributed by atoms with Crippen molar-refractivity contribution in [2.75, 3.05) is 10.6 Å². The third kappa shape index (κ3) is 6.05. The lowest BCUT2D eigenvalue weighted by molar-refractivity contribution is 0.101. The molecule has 0 unspecified atom stereocenters. The Hall–Kier alpha value is -3.97. The normalized spacial score (nSPS) is 10.5. The molecule has 164 valence electrons. The van der Waals surface area contributed by atoms with Crippen molar-refractivity contribution in [3.05, 3.63) is 120 Å². The van der Waals surface area contributed by atoms with Gasteiger partial charge < -0.3 is 10.6 Å². The molecule has 0 saturated carbocycles. The molecule has 0 fully saturated rings. The number of carbonyl (C=O) groups is 2. The number of rotatable bonds is 6. The SMILES string of the molecule is O=C(Nc1ccc(Sc2ccc(NC(=O)c3cccc(F)c3)cc2)cc1)c1cccc(F)c1. The number of halogens is 2. The second-order valence-electron chi connectivity index (χ2n) is 7.08. The molecule has 4 aromatic carbocycles. The van der Waals surface area contributed by atoms with E-state index in [1.165, 1.54) is 48.2 Å². The summed E-state index contributed by atoms with van der Waals surface area (Å²) in [7, 11) is 0. The quantitative estimate of drug-likeness (QED) is 0.340. The predicted molar refractivity (Wildman–Crippen MR) is 126 cm³/mol. The highest BCUT2D eigenvalue weighted by Gasteiger charge is 2.09. The number of nitrogens with one attached hydrogen (secondary N) is 2. The van der Waals surface area contributed by atoms with E-state index in [1.807, 2.05) is 24.3 Å². The number of hydrogen-bond acceptors (Lipinski definition) is 3. The van der Waals surface area contributed by atoms with Crippen LogP contribution in [0.15, 0.2) is 107 Å². The first kappa shape index (κ1) is 22.2. The first-order valence-electron chi connectivity index (χ1n) is 9.98. The number of carbonyl (C=O) groups excluding carboxylic acids is 2. The van der Waals surface area contributed by atoms with E-state index in [0.29, 0.717) is 11.4 Å². The molecule has 2 amide bonds. The molecular weight excluding hydrogens is 442 g/mol. The number of hydrogen-bond donors (Lipinski definition) is 2. The maximum atomic E-state index is 13.3. The Morgan fingerprint density at radius 2 is 0.970 bits per heavy atom. The minimum atomic E-state index is -0.464. The Kier molecular flexibility index (Phi) is 6.80. The van der Waals surface area contributed by atoms with Crippen LogP contribution in [0.25, 0.3) is 0 Å². The summed E-state index contributed by atoms with van der Waals surface area (Å²) in [5.74, 6) is -1.69. The highest BCUT2D eigenvalue weighted by atomic mass is 32.2. The van der Waals surface area contributed by atoms with Crippen LogP contribution in [0.1, 0.15) is 20.7 Å². The molecule has 0 saturated heterocycles. The zero-order chi connectivity index (χ0) is 23.2. The molecule has 0 aliphatic rings. The maximum Gasteiger partial charge on any atom is 0.255 e. The summed E-state index contributed by atoms with van der Waals surface area (Å²) in [6.45, 7) is 0. The molecule has 4 rings (SSSR count). The van der Waals surface area contributed by atoms with Crippen LogP contribution in [0.5, 0.6) is 0 Å². The minimum absolute atomic E-state index is 0.248. The van der Waals surface area contributed by atoms with Gasteiger partial charge in [0, 0.05) is 32.3 Å². The van der Waals surface area contributed by atoms with Gasteiger partial charge in [0.05, 0.1) is 0 Å². The number of benzene rings is 4. The molecule has 0 radical (unpaired) electrons. The standard InChI is InChI=1S/C26H18F2N2O2S/c27-19-5-1-3-17(15-19)25(31)29-21-7-11-23(12-8-21)33-24-13-9-22(10-14-24)30-26(32)18-4-2-6-20(28)16-18/h1-16H,(H,29,31)(H,30,32). The first-order chi connectivity index (χ1) is 16.0. The lowest BCUT2D eigenvalue weighted by Crippen LogP contribution is -2.11. The Labute approximate surface area is 193 Å². The summed E-state index contributed by atoms with van der Waals surface area (Å²) in [5.41, 5.74) is 1.70. The molecule has 7 heteroatoms. The minimum Gasteiger partial charge on any atom is -0.322 e. The molecule has 0 aliphatic carbocycles. The summed E-state index contributed by atoms with van der Waals surface area (Å²) in [6, 6.07) is 25.6. The van der Waals surface area contributed by atoms with Crippen molar-refractivity contribution >= 4 is 35.0 Å². The highest BCUT2D eigenvalue weighted by Crippen LogP contribution is 2.29. The van der Waals surface area contributed by atoms with Gasteiger partial charge in [-0.05, 0) is 84.9 Å². The van der Waals surface area contributed by atoms with E-state index in [1.54, 1.807) is 36.4 Å². The molecule has 2 N–H and O–H groups in total. The van der Waals surface area contributed by atoms with E-state index in [2.05, 4.69) is 10.6 Å². The van der Waals surface area contributed by atoms with Gasteiger partial charge in [-0.3, -0.25) is 9.59 Å². The van der Waals surface area contributed by atoms with E-state index in [4.69, 9.17) is 0 Å². The van der Waals surface area contributed by atoms with Crippen LogP contribution in [-0.2, 0) is 0 Å². The van der Waals surface area contributed by atoms with E-state index < -0.39 is 11.6 Å². The van der Waals surface area contributed by atoms with E-state index in [-0.39, 0.29) is 22.9 Å². The Morgan fingerprint density at radius 3 is 1.33 bits per heavy atom. The van der Waals surface area contributed by atoms with Crippen molar-refractivity contribution in [3.8, 4) is 0 Å². The van der Waals surface area contributed by atoms with Crippen molar-refractivity contribution in [1.29, 1.82) is 0 Å². The van der Waals surface area contributed by atoms with Gasteiger partial charge in [0.1, 0.15) is 11.6 Å². The summed E-state index contributed by atoms with van der Waals surface area (Å²) >= 11 is 1.51. The molecule has 0 heterocycles. The average Bonchev–Trinajstić information content (AvgIpc) is 2.81. The van der Waals surface area contributed by atoms with E-state index in [0.717, 1.165) is 9.79 Å². The van der Waals surface area contributed by atoms with Crippen LogP contribution in [0.2, 0.25) is 0 Å². The van der Waals surface area contributed by atoms with Crippen molar-refractivity contribution in [2.24, 2.45) is 0 Å². The van der Waals surface area contributed by atoms with Crippen molar-refractivity contribution in [1.82, 2.24) is 0 Å². The molecule has 0 aromatic heterocycles. The Balaban J connectivity index is 1.34. The van der Waals surface area contributed by atoms with Crippen LogP contribution < -0.4 is 10.6 Å². The molecular formula is C26H18F2N2O2S. The number of amides is 2. The van der Waals surface area contributed by atoms with Crippen molar-refractivity contribution in [2.45, 2.75) is 9.79 Å². The average molecular weight is 461 g/mol. The molecule has 0 spiro atoms. The fourth-order valence-corrected chi connectivity index (χ4v) is 3.83. The lowest BCUT2D eigenvalue weighted by Gasteiger charge is -2.08. The monoisotopic (exact) mass is 460 g/mol. The second kappa shape index (κ2) is 10.1. The molecule has 4 nitrogen and oxygen atoms in total. The van der Waals surface area contributed by atoms with Gasteiger partial charge in [-0.2, -0.15) is 0 Å². The van der Waals surface area contributed by atoms with Gasteiger partial charge in [0.15, 0.2) is 0 Å². The van der Waals surface area contributed by atoms with Crippen LogP contribution in [0.4, 0.5) is 20.2 Å². The van der Waals surface area contributed by atoms with Crippen LogP contribution >= 0.6 is 11.8 Å². The lowest BCUT2D eigenvalue weighted by atomic mass is 10.2. The summed E-state index contributed by atoms with van der Waals surface area (Å²) in [4.78, 5) is 26.4. The van der Waals surface area contributed by atoms with Gasteiger partial charge in [-0.15, -0.1) is 0 Å². The van der Waals surface area contributed by atoms with Crippen LogP contribution in [-0.4, -0.2) is 11.8 Å². The maximum absolute atomic E-state index is 13.3. The predicted octanol–water partition coefficient (Wildman–Crippen LogP) is 6.62. The van der Waals surface area contributed by atoms with Gasteiger partial charge >= 0.3 is 0 Å². The van der Waals surface area contributed by atoms with E-state index >= 15 is 0 Å². The zero-order valence-corrected chi connectivity index (χ0v) is 18.0. The van der Waals surface area contributed by atoms with Crippen molar-refractivity contribution < 1.29 is 18.4 Å². The molecule has 0 atom stereocenters. The molecule has 4 aromatic rings. The molecule has 0 bridgehead atoms.